The fourth-order valence-electron chi connectivity index (χ4n) is 3.30. The summed E-state index contributed by atoms with van der Waals surface area (Å²) < 4.78 is 33.2. The number of carboxylic acid groups (broad SMARTS) is 1. The van der Waals surface area contributed by atoms with Crippen molar-refractivity contribution in [2.45, 2.75) is 50.5 Å². The summed E-state index contributed by atoms with van der Waals surface area (Å²) in [4.78, 5) is 37.6. The molecule has 0 spiro atoms. The van der Waals surface area contributed by atoms with Crippen LogP contribution >= 0.6 is 0 Å². The number of rotatable bonds is 13. The first-order valence-electron chi connectivity index (χ1n) is 10.8. The Kier molecular flexibility index (Phi) is 9.80. The molecule has 0 heterocycles. The largest absolute Gasteiger partial charge is 0.481 e. The van der Waals surface area contributed by atoms with E-state index in [1.54, 1.807) is 25.1 Å². The minimum Gasteiger partial charge on any atom is -0.481 e. The fraction of sp³-hybridized carbons (Fsp3) is 0.435. The van der Waals surface area contributed by atoms with E-state index >= 15 is 0 Å². The molecule has 0 aliphatic carbocycles. The predicted octanol–water partition coefficient (Wildman–Crippen LogP) is 2.54. The van der Waals surface area contributed by atoms with Gasteiger partial charge in [-0.05, 0) is 36.2 Å². The maximum Gasteiger partial charge on any atom is 0.307 e. The molecule has 0 radical (unpaired) electrons. The molecular formula is C23H30N2O7S. The van der Waals surface area contributed by atoms with Crippen LogP contribution in [0.2, 0.25) is 0 Å². The average Bonchev–Trinajstić information content (AvgIpc) is 2.77. The molecule has 2 N–H and O–H groups in total. The lowest BCUT2D eigenvalue weighted by molar-refractivity contribution is -0.146. The molecule has 9 nitrogen and oxygen atoms in total. The smallest absolute Gasteiger partial charge is 0.307 e. The van der Waals surface area contributed by atoms with Gasteiger partial charge in [0.05, 0.1) is 24.3 Å². The number of hydrogen-bond acceptors (Lipinski definition) is 6. The first-order valence-corrected chi connectivity index (χ1v) is 12.3. The van der Waals surface area contributed by atoms with E-state index in [0.29, 0.717) is 11.8 Å². The van der Waals surface area contributed by atoms with Crippen LogP contribution in [-0.4, -0.2) is 62.0 Å². The average molecular weight is 479 g/mol. The van der Waals surface area contributed by atoms with Crippen LogP contribution in [0.1, 0.15) is 39.5 Å². The van der Waals surface area contributed by atoms with Crippen molar-refractivity contribution >= 4 is 38.6 Å². The molecule has 180 valence electrons. The summed E-state index contributed by atoms with van der Waals surface area (Å²) in [5, 5.41) is 10.8. The Morgan fingerprint density at radius 1 is 1.06 bits per heavy atom. The molecule has 0 saturated carbocycles. The van der Waals surface area contributed by atoms with Gasteiger partial charge >= 0.3 is 11.9 Å². The third-order valence-corrected chi connectivity index (χ3v) is 6.46. The second kappa shape index (κ2) is 12.3. The van der Waals surface area contributed by atoms with E-state index in [1.807, 2.05) is 19.1 Å². The van der Waals surface area contributed by atoms with E-state index in [-0.39, 0.29) is 31.0 Å². The number of carboxylic acids is 1. The van der Waals surface area contributed by atoms with E-state index < -0.39 is 40.3 Å². The highest BCUT2D eigenvalue weighted by Gasteiger charge is 2.31. The Labute approximate surface area is 193 Å². The monoisotopic (exact) mass is 478 g/mol. The zero-order chi connectivity index (χ0) is 24.4. The maximum absolute atomic E-state index is 13.2. The minimum absolute atomic E-state index is 0.00544. The summed E-state index contributed by atoms with van der Waals surface area (Å²) in [5.74, 6) is -2.51. The van der Waals surface area contributed by atoms with Gasteiger partial charge in [0.15, 0.2) is 0 Å². The number of carbonyl (C=O) groups is 3. The van der Waals surface area contributed by atoms with Crippen LogP contribution in [0.3, 0.4) is 0 Å². The van der Waals surface area contributed by atoms with Crippen LogP contribution < -0.4 is 4.72 Å². The second-order valence-electron chi connectivity index (χ2n) is 7.51. The molecule has 10 heteroatoms. The number of fused-ring (bicyclic) bond motifs is 1. The van der Waals surface area contributed by atoms with Gasteiger partial charge in [-0.1, -0.05) is 43.7 Å². The van der Waals surface area contributed by atoms with Crippen LogP contribution in [0.5, 0.6) is 0 Å². The molecule has 1 atom stereocenters. The van der Waals surface area contributed by atoms with Crippen LogP contribution in [-0.2, 0) is 29.1 Å². The summed E-state index contributed by atoms with van der Waals surface area (Å²) in [7, 11) is -4.19. The highest BCUT2D eigenvalue weighted by molar-refractivity contribution is 7.89. The summed E-state index contributed by atoms with van der Waals surface area (Å²) >= 11 is 0. The Hall–Kier alpha value is -2.98. The van der Waals surface area contributed by atoms with E-state index in [2.05, 4.69) is 4.72 Å². The van der Waals surface area contributed by atoms with Gasteiger partial charge in [0.1, 0.15) is 6.04 Å². The number of carbonyl (C=O) groups excluding carboxylic acids is 2. The van der Waals surface area contributed by atoms with Gasteiger partial charge in [0.25, 0.3) is 0 Å². The summed E-state index contributed by atoms with van der Waals surface area (Å²) in [6, 6.07) is 10.2. The van der Waals surface area contributed by atoms with Crippen LogP contribution in [0.25, 0.3) is 10.8 Å². The standard InChI is InChI=1S/C23H30N2O7S/c1-3-5-13-25(14-12-22(28)32-4-2)23(29)20(16-21(26)27)24-33(30,31)19-11-10-17-8-6-7-9-18(17)15-19/h6-11,15,20,24H,3-5,12-14,16H2,1-2H3,(H,26,27)/t20-/m0/s1. The van der Waals surface area contributed by atoms with Gasteiger partial charge in [-0.2, -0.15) is 4.72 Å². The third kappa shape index (κ3) is 7.83. The second-order valence-corrected chi connectivity index (χ2v) is 9.23. The number of sulfonamides is 1. The lowest BCUT2D eigenvalue weighted by Gasteiger charge is -2.27. The Balaban J connectivity index is 2.27. The topological polar surface area (TPSA) is 130 Å². The first-order chi connectivity index (χ1) is 15.7. The molecule has 0 aliphatic rings. The molecule has 33 heavy (non-hydrogen) atoms. The van der Waals surface area contributed by atoms with Crippen molar-refractivity contribution in [3.05, 3.63) is 42.5 Å². The highest BCUT2D eigenvalue weighted by Crippen LogP contribution is 2.19. The molecule has 0 fully saturated rings. The lowest BCUT2D eigenvalue weighted by atomic mass is 10.1. The molecule has 1 amide bonds. The van der Waals surface area contributed by atoms with Crippen molar-refractivity contribution in [1.29, 1.82) is 0 Å². The zero-order valence-corrected chi connectivity index (χ0v) is 19.6. The van der Waals surface area contributed by atoms with Gasteiger partial charge in [0, 0.05) is 13.1 Å². The molecule has 0 unspecified atom stereocenters. The third-order valence-electron chi connectivity index (χ3n) is 4.99. The predicted molar refractivity (Wildman–Crippen MR) is 123 cm³/mol. The summed E-state index contributed by atoms with van der Waals surface area (Å²) in [6.45, 7) is 4.07. The molecule has 0 aliphatic heterocycles. The van der Waals surface area contributed by atoms with Crippen molar-refractivity contribution in [3.63, 3.8) is 0 Å². The summed E-state index contributed by atoms with van der Waals surface area (Å²) in [5.41, 5.74) is 0. The van der Waals surface area contributed by atoms with E-state index in [4.69, 9.17) is 4.74 Å². The molecular weight excluding hydrogens is 448 g/mol. The van der Waals surface area contributed by atoms with Crippen molar-refractivity contribution in [2.75, 3.05) is 19.7 Å². The molecule has 0 aromatic heterocycles. The van der Waals surface area contributed by atoms with Gasteiger partial charge in [-0.15, -0.1) is 0 Å². The fourth-order valence-corrected chi connectivity index (χ4v) is 4.53. The van der Waals surface area contributed by atoms with Crippen LogP contribution in [0, 0.1) is 0 Å². The van der Waals surface area contributed by atoms with Gasteiger partial charge in [-0.25, -0.2) is 8.42 Å². The number of esters is 1. The quantitative estimate of drug-likeness (QED) is 0.423. The Bertz CT molecular complexity index is 1090. The minimum atomic E-state index is -4.19. The first kappa shape index (κ1) is 26.3. The number of aliphatic carboxylic acids is 1. The van der Waals surface area contributed by atoms with E-state index in [9.17, 15) is 27.9 Å². The maximum atomic E-state index is 13.2. The van der Waals surface area contributed by atoms with Crippen molar-refractivity contribution in [3.8, 4) is 0 Å². The highest BCUT2D eigenvalue weighted by atomic mass is 32.2. The van der Waals surface area contributed by atoms with E-state index in [0.717, 1.165) is 11.8 Å². The van der Waals surface area contributed by atoms with Gasteiger partial charge in [0.2, 0.25) is 15.9 Å². The van der Waals surface area contributed by atoms with E-state index in [1.165, 1.54) is 17.0 Å². The Morgan fingerprint density at radius 3 is 2.39 bits per heavy atom. The summed E-state index contributed by atoms with van der Waals surface area (Å²) in [6.07, 6.45) is 0.579. The molecule has 0 saturated heterocycles. The van der Waals surface area contributed by atoms with Crippen LogP contribution in [0.15, 0.2) is 47.4 Å². The number of nitrogens with zero attached hydrogens (tertiary/aromatic N) is 1. The molecule has 2 rings (SSSR count). The number of benzene rings is 2. The van der Waals surface area contributed by atoms with Gasteiger partial charge < -0.3 is 14.7 Å². The molecule has 2 aromatic carbocycles. The Morgan fingerprint density at radius 2 is 1.76 bits per heavy atom. The van der Waals surface area contributed by atoms with Crippen molar-refractivity contribution in [1.82, 2.24) is 9.62 Å². The lowest BCUT2D eigenvalue weighted by Crippen LogP contribution is -2.50. The van der Waals surface area contributed by atoms with Crippen LogP contribution in [0.4, 0.5) is 0 Å². The normalized spacial score (nSPS) is 12.3. The van der Waals surface area contributed by atoms with Crippen molar-refractivity contribution < 1.29 is 32.6 Å². The number of amides is 1. The van der Waals surface area contributed by atoms with Crippen molar-refractivity contribution in [2.24, 2.45) is 0 Å². The molecule has 0 bridgehead atoms. The number of ether oxygens (including phenoxy) is 1. The van der Waals surface area contributed by atoms with Gasteiger partial charge in [-0.3, -0.25) is 14.4 Å². The molecule has 2 aromatic rings. The zero-order valence-electron chi connectivity index (χ0n) is 18.8. The number of unbranched alkanes of at least 4 members (excludes halogenated alkanes) is 1. The SMILES string of the molecule is CCCCN(CCC(=O)OCC)C(=O)[C@H](CC(=O)O)NS(=O)(=O)c1ccc2ccccc2c1. The number of hydrogen-bond donors (Lipinski definition) is 2. The number of nitrogens with one attached hydrogen (secondary N) is 1.